The average Bonchev–Trinajstić information content (AvgIpc) is 3.06. The van der Waals surface area contributed by atoms with Crippen molar-refractivity contribution in [3.05, 3.63) is 35.9 Å². The Morgan fingerprint density at radius 3 is 2.00 bits per heavy atom. The first-order valence-corrected chi connectivity index (χ1v) is 17.9. The Bertz CT molecular complexity index is 919. The third kappa shape index (κ3) is 16.7. The van der Waals surface area contributed by atoms with Crippen molar-refractivity contribution in [1.82, 2.24) is 10.6 Å². The molecular weight excluding hydrogens is 588 g/mol. The first kappa shape index (κ1) is 40.1. The first-order chi connectivity index (χ1) is 22.4. The van der Waals surface area contributed by atoms with Gasteiger partial charge in [-0.15, -0.1) is 0 Å². The number of aliphatic hydroxyl groups excluding tert-OH is 4. The van der Waals surface area contributed by atoms with Crippen molar-refractivity contribution < 1.29 is 39.5 Å². The van der Waals surface area contributed by atoms with Crippen LogP contribution >= 0.6 is 0 Å². The summed E-state index contributed by atoms with van der Waals surface area (Å²) >= 11 is 0. The van der Waals surface area contributed by atoms with E-state index >= 15 is 0 Å². The highest BCUT2D eigenvalue weighted by Crippen LogP contribution is 2.22. The Morgan fingerprint density at radius 1 is 0.783 bits per heavy atom. The van der Waals surface area contributed by atoms with Gasteiger partial charge in [-0.05, 0) is 31.2 Å². The Hall–Kier alpha value is -2.08. The van der Waals surface area contributed by atoms with Crippen molar-refractivity contribution in [2.24, 2.45) is 0 Å². The number of carbonyl (C=O) groups is 2. The summed E-state index contributed by atoms with van der Waals surface area (Å²) in [5.41, 5.74) is 1.33. The van der Waals surface area contributed by atoms with E-state index in [1.165, 1.54) is 56.9 Å². The van der Waals surface area contributed by atoms with E-state index in [4.69, 9.17) is 9.47 Å². The third-order valence-electron chi connectivity index (χ3n) is 8.72. The van der Waals surface area contributed by atoms with Crippen LogP contribution in [0.2, 0.25) is 0 Å². The highest BCUT2D eigenvalue weighted by Gasteiger charge is 2.44. The normalized spacial score (nSPS) is 22.0. The van der Waals surface area contributed by atoms with Crippen molar-refractivity contribution in [3.8, 4) is 0 Å². The summed E-state index contributed by atoms with van der Waals surface area (Å²) in [5.74, 6) is -0.664. The van der Waals surface area contributed by atoms with Gasteiger partial charge in [-0.2, -0.15) is 0 Å². The summed E-state index contributed by atoms with van der Waals surface area (Å²) in [7, 11) is 0. The molecule has 0 bridgehead atoms. The van der Waals surface area contributed by atoms with Gasteiger partial charge in [0.05, 0.1) is 13.2 Å². The van der Waals surface area contributed by atoms with Gasteiger partial charge in [0, 0.05) is 13.0 Å². The van der Waals surface area contributed by atoms with E-state index in [1.54, 1.807) is 0 Å². The Labute approximate surface area is 276 Å². The SMILES string of the molecule is CCCCCCCCCCCCCNC(=O)[C@H](CO[C@H]1O[C@H](CO)[C@H](O)[C@H](O)[C@H]1O)NC(=O)CCCCCCCc1ccccc1. The molecular formula is C36H62N2O8. The molecule has 0 unspecified atom stereocenters. The van der Waals surface area contributed by atoms with Crippen LogP contribution in [-0.2, 0) is 25.5 Å². The molecule has 10 heteroatoms. The zero-order chi connectivity index (χ0) is 33.4. The predicted molar refractivity (Wildman–Crippen MR) is 179 cm³/mol. The van der Waals surface area contributed by atoms with E-state index in [1.807, 2.05) is 6.07 Å². The molecule has 0 aliphatic carbocycles. The van der Waals surface area contributed by atoms with Gasteiger partial charge in [0.25, 0.3) is 0 Å². The molecule has 0 aromatic heterocycles. The maximum Gasteiger partial charge on any atom is 0.244 e. The lowest BCUT2D eigenvalue weighted by Gasteiger charge is -2.39. The van der Waals surface area contributed by atoms with Crippen molar-refractivity contribution in [2.75, 3.05) is 19.8 Å². The van der Waals surface area contributed by atoms with Crippen LogP contribution in [-0.4, -0.2) is 88.7 Å². The summed E-state index contributed by atoms with van der Waals surface area (Å²) in [6.45, 7) is 1.81. The minimum atomic E-state index is -1.59. The number of aryl methyl sites for hydroxylation is 1. The number of carbonyl (C=O) groups excluding carboxylic acids is 2. The van der Waals surface area contributed by atoms with E-state index in [9.17, 15) is 30.0 Å². The summed E-state index contributed by atoms with van der Waals surface area (Å²) in [6.07, 6.45) is 12.2. The standard InChI is InChI=1S/C36H62N2O8/c1-2-3-4-5-6-7-8-9-10-14-20-25-37-35(44)29(27-45-36-34(43)33(42)32(41)30(26-39)46-36)38-31(40)24-19-13-11-12-16-21-28-22-17-15-18-23-28/h15,17-18,22-23,29-30,32-34,36,39,41-43H,2-14,16,19-21,24-27H2,1H3,(H,37,44)(H,38,40)/t29-,30+,32-,33-,34+,36-/m0/s1. The topological polar surface area (TPSA) is 158 Å². The smallest absolute Gasteiger partial charge is 0.244 e. The Morgan fingerprint density at radius 2 is 1.37 bits per heavy atom. The van der Waals surface area contributed by atoms with Crippen LogP contribution in [0.5, 0.6) is 0 Å². The second-order valence-corrected chi connectivity index (χ2v) is 12.7. The number of ether oxygens (including phenoxy) is 2. The fourth-order valence-electron chi connectivity index (χ4n) is 5.76. The average molecular weight is 651 g/mol. The number of hydrogen-bond acceptors (Lipinski definition) is 8. The van der Waals surface area contributed by atoms with E-state index < -0.39 is 49.3 Å². The van der Waals surface area contributed by atoms with E-state index in [-0.39, 0.29) is 18.9 Å². The molecule has 0 radical (unpaired) electrons. The molecule has 2 rings (SSSR count). The lowest BCUT2D eigenvalue weighted by Crippen LogP contribution is -2.60. The van der Waals surface area contributed by atoms with Gasteiger partial charge in [-0.3, -0.25) is 9.59 Å². The molecule has 1 aromatic carbocycles. The summed E-state index contributed by atoms with van der Waals surface area (Å²) in [5, 5.41) is 45.5. The van der Waals surface area contributed by atoms with Gasteiger partial charge < -0.3 is 40.5 Å². The van der Waals surface area contributed by atoms with Crippen LogP contribution in [0.3, 0.4) is 0 Å². The lowest BCUT2D eigenvalue weighted by molar-refractivity contribution is -0.301. The zero-order valence-electron chi connectivity index (χ0n) is 28.1. The summed E-state index contributed by atoms with van der Waals surface area (Å²) in [4.78, 5) is 25.9. The molecule has 1 aliphatic heterocycles. The molecule has 6 N–H and O–H groups in total. The fourth-order valence-corrected chi connectivity index (χ4v) is 5.76. The predicted octanol–water partition coefficient (Wildman–Crippen LogP) is 4.30. The number of nitrogens with one attached hydrogen (secondary N) is 2. The highest BCUT2D eigenvalue weighted by molar-refractivity contribution is 5.87. The van der Waals surface area contributed by atoms with Gasteiger partial charge in [0.1, 0.15) is 30.5 Å². The van der Waals surface area contributed by atoms with Crippen molar-refractivity contribution >= 4 is 11.8 Å². The summed E-state index contributed by atoms with van der Waals surface area (Å²) < 4.78 is 11.0. The maximum atomic E-state index is 13.1. The first-order valence-electron chi connectivity index (χ1n) is 17.9. The molecule has 0 saturated carbocycles. The van der Waals surface area contributed by atoms with Crippen LogP contribution in [0.15, 0.2) is 30.3 Å². The van der Waals surface area contributed by atoms with Gasteiger partial charge in [-0.25, -0.2) is 0 Å². The second-order valence-electron chi connectivity index (χ2n) is 12.7. The fraction of sp³-hybridized carbons (Fsp3) is 0.778. The molecule has 0 spiro atoms. The molecule has 46 heavy (non-hydrogen) atoms. The van der Waals surface area contributed by atoms with Crippen LogP contribution in [0, 0.1) is 0 Å². The number of benzene rings is 1. The quantitative estimate of drug-likeness (QED) is 0.0811. The number of hydrogen-bond donors (Lipinski definition) is 6. The van der Waals surface area contributed by atoms with Crippen LogP contribution in [0.4, 0.5) is 0 Å². The van der Waals surface area contributed by atoms with Crippen molar-refractivity contribution in [2.45, 2.75) is 159 Å². The largest absolute Gasteiger partial charge is 0.394 e. The monoisotopic (exact) mass is 650 g/mol. The molecule has 1 aromatic rings. The number of unbranched alkanes of at least 4 members (excludes halogenated alkanes) is 14. The van der Waals surface area contributed by atoms with Gasteiger partial charge in [0.2, 0.25) is 11.8 Å². The van der Waals surface area contributed by atoms with Crippen molar-refractivity contribution in [1.29, 1.82) is 0 Å². The third-order valence-corrected chi connectivity index (χ3v) is 8.72. The van der Waals surface area contributed by atoms with Gasteiger partial charge in [0.15, 0.2) is 6.29 Å². The van der Waals surface area contributed by atoms with E-state index in [2.05, 4.69) is 41.8 Å². The molecule has 1 fully saturated rings. The maximum absolute atomic E-state index is 13.1. The number of rotatable bonds is 26. The van der Waals surface area contributed by atoms with Crippen LogP contribution in [0.1, 0.15) is 122 Å². The second kappa shape index (κ2) is 25.0. The zero-order valence-corrected chi connectivity index (χ0v) is 28.1. The molecule has 10 nitrogen and oxygen atoms in total. The number of amides is 2. The lowest BCUT2D eigenvalue weighted by atomic mass is 9.99. The minimum absolute atomic E-state index is 0.267. The molecule has 1 heterocycles. The minimum Gasteiger partial charge on any atom is -0.394 e. The van der Waals surface area contributed by atoms with Crippen molar-refractivity contribution in [3.63, 3.8) is 0 Å². The molecule has 1 saturated heterocycles. The molecule has 1 aliphatic rings. The summed E-state index contributed by atoms with van der Waals surface area (Å²) in [6, 6.07) is 9.36. The molecule has 6 atom stereocenters. The Kier molecular flexibility index (Phi) is 21.8. The molecule has 2 amide bonds. The van der Waals surface area contributed by atoms with E-state index in [0.29, 0.717) is 13.0 Å². The van der Waals surface area contributed by atoms with E-state index in [0.717, 1.165) is 51.4 Å². The Balaban J connectivity index is 1.73. The molecule has 264 valence electrons. The highest BCUT2D eigenvalue weighted by atomic mass is 16.7. The van der Waals surface area contributed by atoms with Crippen LogP contribution in [0.25, 0.3) is 0 Å². The van der Waals surface area contributed by atoms with Gasteiger partial charge >= 0.3 is 0 Å². The van der Waals surface area contributed by atoms with Gasteiger partial charge in [-0.1, -0.05) is 121 Å². The number of aliphatic hydroxyl groups is 4. The van der Waals surface area contributed by atoms with Crippen LogP contribution < -0.4 is 10.6 Å².